The molecule has 1 aromatic rings. The van der Waals surface area contributed by atoms with Crippen LogP contribution in [-0.2, 0) is 0 Å². The van der Waals surface area contributed by atoms with E-state index in [1.807, 2.05) is 0 Å². The van der Waals surface area contributed by atoms with Crippen LogP contribution in [0.5, 0.6) is 0 Å². The minimum Gasteiger partial charge on any atom is -0.397 e. The number of nitrogen functional groups attached to an aromatic ring is 1. The summed E-state index contributed by atoms with van der Waals surface area (Å²) in [6.07, 6.45) is 0.395. The molecule has 0 saturated heterocycles. The van der Waals surface area contributed by atoms with Crippen molar-refractivity contribution in [2.75, 3.05) is 18.9 Å². The molecule has 0 fully saturated rings. The van der Waals surface area contributed by atoms with Gasteiger partial charge in [-0.15, -0.1) is 0 Å². The molecule has 0 radical (unpaired) electrons. The average molecular weight is 273 g/mol. The summed E-state index contributed by atoms with van der Waals surface area (Å²) in [7, 11) is 0. The third-order valence-corrected chi connectivity index (χ3v) is 3.29. The van der Waals surface area contributed by atoms with Gasteiger partial charge in [-0.3, -0.25) is 4.79 Å². The van der Waals surface area contributed by atoms with Crippen molar-refractivity contribution in [3.05, 3.63) is 28.8 Å². The van der Waals surface area contributed by atoms with Crippen LogP contribution in [0.15, 0.2) is 18.2 Å². The average Bonchev–Trinajstić information content (AvgIpc) is 2.39. The smallest absolute Gasteiger partial charge is 0.254 e. The molecule has 5 N–H and O–H groups in total. The SMILES string of the molecule is CCC(CO)(CO)NC(=O)c1cccc(Cl)c1N. The highest BCUT2D eigenvalue weighted by Gasteiger charge is 2.29. The van der Waals surface area contributed by atoms with Crippen molar-refractivity contribution in [1.82, 2.24) is 5.32 Å². The summed E-state index contributed by atoms with van der Waals surface area (Å²) in [4.78, 5) is 12.0. The van der Waals surface area contributed by atoms with E-state index in [1.54, 1.807) is 19.1 Å². The number of benzene rings is 1. The molecule has 1 aromatic carbocycles. The number of hydrogen-bond acceptors (Lipinski definition) is 4. The predicted octanol–water partition coefficient (Wildman–Crippen LogP) is 0.785. The van der Waals surface area contributed by atoms with Gasteiger partial charge < -0.3 is 21.3 Å². The first kappa shape index (κ1) is 14.8. The van der Waals surface area contributed by atoms with E-state index in [4.69, 9.17) is 17.3 Å². The quantitative estimate of drug-likeness (QED) is 0.596. The van der Waals surface area contributed by atoms with Gasteiger partial charge in [-0.25, -0.2) is 0 Å². The van der Waals surface area contributed by atoms with E-state index in [-0.39, 0.29) is 29.5 Å². The summed E-state index contributed by atoms with van der Waals surface area (Å²) in [6.45, 7) is 1.05. The molecule has 0 unspecified atom stereocenters. The Labute approximate surface area is 111 Å². The van der Waals surface area contributed by atoms with E-state index in [2.05, 4.69) is 5.32 Å². The van der Waals surface area contributed by atoms with E-state index in [0.29, 0.717) is 6.42 Å². The van der Waals surface area contributed by atoms with Crippen LogP contribution in [-0.4, -0.2) is 34.9 Å². The number of carbonyl (C=O) groups excluding carboxylic acids is 1. The highest BCUT2D eigenvalue weighted by atomic mass is 35.5. The second kappa shape index (κ2) is 6.04. The molecule has 5 nitrogen and oxygen atoms in total. The maximum Gasteiger partial charge on any atom is 0.254 e. The third kappa shape index (κ3) is 2.93. The molecule has 1 amide bonds. The molecule has 0 saturated carbocycles. The summed E-state index contributed by atoms with van der Waals surface area (Å²) >= 11 is 5.83. The molecule has 0 aliphatic heterocycles. The molecule has 0 atom stereocenters. The number of carbonyl (C=O) groups is 1. The number of aliphatic hydroxyl groups is 2. The van der Waals surface area contributed by atoms with Crippen molar-refractivity contribution in [2.24, 2.45) is 0 Å². The minimum atomic E-state index is -1.05. The van der Waals surface area contributed by atoms with Crippen LogP contribution in [0.1, 0.15) is 23.7 Å². The highest BCUT2D eigenvalue weighted by molar-refractivity contribution is 6.33. The molecule has 0 aliphatic rings. The van der Waals surface area contributed by atoms with Crippen molar-refractivity contribution in [1.29, 1.82) is 0 Å². The van der Waals surface area contributed by atoms with Gasteiger partial charge in [0.1, 0.15) is 0 Å². The van der Waals surface area contributed by atoms with Crippen LogP contribution in [0.4, 0.5) is 5.69 Å². The van der Waals surface area contributed by atoms with Crippen LogP contribution >= 0.6 is 11.6 Å². The summed E-state index contributed by atoms with van der Waals surface area (Å²) in [5, 5.41) is 21.4. The van der Waals surface area contributed by atoms with Gasteiger partial charge in [-0.2, -0.15) is 0 Å². The first-order valence-electron chi connectivity index (χ1n) is 5.58. The van der Waals surface area contributed by atoms with Crippen molar-refractivity contribution in [3.8, 4) is 0 Å². The van der Waals surface area contributed by atoms with Gasteiger partial charge >= 0.3 is 0 Å². The lowest BCUT2D eigenvalue weighted by Crippen LogP contribution is -2.53. The number of halogens is 1. The second-order valence-electron chi connectivity index (χ2n) is 4.11. The molecule has 0 heterocycles. The molecule has 0 spiro atoms. The highest BCUT2D eigenvalue weighted by Crippen LogP contribution is 2.23. The predicted molar refractivity (Wildman–Crippen MR) is 70.5 cm³/mol. The summed E-state index contributed by atoms with van der Waals surface area (Å²) < 4.78 is 0. The lowest BCUT2D eigenvalue weighted by molar-refractivity contribution is 0.0653. The summed E-state index contributed by atoms with van der Waals surface area (Å²) in [6, 6.07) is 4.73. The van der Waals surface area contributed by atoms with E-state index < -0.39 is 11.4 Å². The lowest BCUT2D eigenvalue weighted by atomic mass is 9.97. The van der Waals surface area contributed by atoms with E-state index >= 15 is 0 Å². The lowest BCUT2D eigenvalue weighted by Gasteiger charge is -2.29. The number of nitrogens with one attached hydrogen (secondary N) is 1. The Bertz CT molecular complexity index is 425. The fourth-order valence-electron chi connectivity index (χ4n) is 1.48. The maximum absolute atomic E-state index is 12.0. The zero-order valence-electron chi connectivity index (χ0n) is 10.1. The van der Waals surface area contributed by atoms with Gasteiger partial charge in [0, 0.05) is 0 Å². The number of anilines is 1. The Morgan fingerprint density at radius 2 is 2.06 bits per heavy atom. The molecular formula is C12H17ClN2O3. The molecule has 1 rings (SSSR count). The fourth-order valence-corrected chi connectivity index (χ4v) is 1.66. The van der Waals surface area contributed by atoms with Crippen LogP contribution in [0.3, 0.4) is 0 Å². The second-order valence-corrected chi connectivity index (χ2v) is 4.51. The molecule has 100 valence electrons. The zero-order chi connectivity index (χ0) is 13.8. The van der Waals surface area contributed by atoms with Crippen LogP contribution in [0.25, 0.3) is 0 Å². The summed E-state index contributed by atoms with van der Waals surface area (Å²) in [5.74, 6) is -0.472. The van der Waals surface area contributed by atoms with Crippen molar-refractivity contribution in [3.63, 3.8) is 0 Å². The molecule has 0 aromatic heterocycles. The Hall–Kier alpha value is -1.30. The first-order valence-corrected chi connectivity index (χ1v) is 5.95. The number of nitrogens with two attached hydrogens (primary N) is 1. The fraction of sp³-hybridized carbons (Fsp3) is 0.417. The molecular weight excluding hydrogens is 256 g/mol. The number of aliphatic hydroxyl groups excluding tert-OH is 2. The number of amides is 1. The van der Waals surface area contributed by atoms with Gasteiger partial charge in [-0.05, 0) is 18.6 Å². The van der Waals surface area contributed by atoms with Gasteiger partial charge in [0.25, 0.3) is 5.91 Å². The Balaban J connectivity index is 2.98. The van der Waals surface area contributed by atoms with Gasteiger partial charge in [0.15, 0.2) is 0 Å². The molecule has 6 heteroatoms. The van der Waals surface area contributed by atoms with Gasteiger partial charge in [0.2, 0.25) is 0 Å². The van der Waals surface area contributed by atoms with Crippen molar-refractivity contribution >= 4 is 23.2 Å². The minimum absolute atomic E-state index is 0.178. The van der Waals surface area contributed by atoms with Crippen LogP contribution < -0.4 is 11.1 Å². The van der Waals surface area contributed by atoms with Crippen LogP contribution in [0, 0.1) is 0 Å². The summed E-state index contributed by atoms with van der Waals surface area (Å²) in [5.41, 5.74) is 5.06. The standard InChI is InChI=1S/C12H17ClN2O3/c1-2-12(6-16,7-17)15-11(18)8-4-3-5-9(13)10(8)14/h3-5,16-17H,2,6-7,14H2,1H3,(H,15,18). The van der Waals surface area contributed by atoms with Crippen molar-refractivity contribution in [2.45, 2.75) is 18.9 Å². The number of rotatable bonds is 5. The zero-order valence-corrected chi connectivity index (χ0v) is 10.9. The Kier molecular flexibility index (Phi) is 4.95. The van der Waals surface area contributed by atoms with Crippen LogP contribution in [0.2, 0.25) is 5.02 Å². The Morgan fingerprint density at radius 3 is 2.56 bits per heavy atom. The van der Waals surface area contributed by atoms with Gasteiger partial charge in [-0.1, -0.05) is 24.6 Å². The monoisotopic (exact) mass is 272 g/mol. The number of para-hydroxylation sites is 1. The maximum atomic E-state index is 12.0. The normalized spacial score (nSPS) is 11.3. The van der Waals surface area contributed by atoms with Gasteiger partial charge in [0.05, 0.1) is 35.0 Å². The topological polar surface area (TPSA) is 95.6 Å². The Morgan fingerprint density at radius 1 is 1.44 bits per heavy atom. The first-order chi connectivity index (χ1) is 8.49. The molecule has 18 heavy (non-hydrogen) atoms. The third-order valence-electron chi connectivity index (χ3n) is 2.96. The van der Waals surface area contributed by atoms with E-state index in [1.165, 1.54) is 6.07 Å². The van der Waals surface area contributed by atoms with E-state index in [9.17, 15) is 15.0 Å². The molecule has 0 aliphatic carbocycles. The van der Waals surface area contributed by atoms with E-state index in [0.717, 1.165) is 0 Å². The van der Waals surface area contributed by atoms with Crippen molar-refractivity contribution < 1.29 is 15.0 Å². The largest absolute Gasteiger partial charge is 0.397 e. The number of hydrogen-bond donors (Lipinski definition) is 4. The molecule has 0 bridgehead atoms.